The Bertz CT molecular complexity index is 947. The van der Waals surface area contributed by atoms with Crippen molar-refractivity contribution in [3.8, 4) is 0 Å². The van der Waals surface area contributed by atoms with E-state index in [0.29, 0.717) is 12.8 Å². The van der Waals surface area contributed by atoms with E-state index in [1.54, 1.807) is 5.48 Å². The van der Waals surface area contributed by atoms with E-state index in [9.17, 15) is 4.79 Å². The summed E-state index contributed by atoms with van der Waals surface area (Å²) >= 11 is 0. The predicted octanol–water partition coefficient (Wildman–Crippen LogP) is 3.92. The van der Waals surface area contributed by atoms with Crippen molar-refractivity contribution in [2.45, 2.75) is 44.9 Å². The highest BCUT2D eigenvalue weighted by atomic mass is 16.5. The van der Waals surface area contributed by atoms with Crippen LogP contribution in [-0.4, -0.2) is 26.4 Å². The Morgan fingerprint density at radius 1 is 1.18 bits per heavy atom. The molecule has 6 heteroatoms. The number of amides is 1. The molecular weight excluding hydrogens is 352 g/mol. The second kappa shape index (κ2) is 9.28. The number of pyridine rings is 1. The number of hydroxylamine groups is 1. The Morgan fingerprint density at radius 2 is 1.96 bits per heavy atom. The summed E-state index contributed by atoms with van der Waals surface area (Å²) in [6, 6.07) is 14.1. The van der Waals surface area contributed by atoms with Gasteiger partial charge in [0.2, 0.25) is 5.91 Å². The van der Waals surface area contributed by atoms with Crippen molar-refractivity contribution >= 4 is 17.1 Å². The molecular formula is C22H26N4O2. The summed E-state index contributed by atoms with van der Waals surface area (Å²) in [6.45, 7) is 2.11. The molecule has 0 spiro atoms. The third kappa shape index (κ3) is 4.64. The van der Waals surface area contributed by atoms with Crippen LogP contribution < -0.4 is 5.48 Å². The molecule has 6 nitrogen and oxygen atoms in total. The molecule has 28 heavy (non-hydrogen) atoms. The van der Waals surface area contributed by atoms with E-state index in [1.165, 1.54) is 0 Å². The first-order chi connectivity index (χ1) is 13.6. The zero-order chi connectivity index (χ0) is 19.9. The maximum absolute atomic E-state index is 11.2. The minimum absolute atomic E-state index is 0.0941. The maximum atomic E-state index is 11.2. The van der Waals surface area contributed by atoms with Gasteiger partial charge in [0.05, 0.1) is 11.7 Å². The van der Waals surface area contributed by atoms with Gasteiger partial charge in [-0.05, 0) is 54.5 Å². The van der Waals surface area contributed by atoms with Gasteiger partial charge < -0.3 is 5.41 Å². The number of aromatic nitrogens is 2. The third-order valence-electron chi connectivity index (χ3n) is 5.15. The van der Waals surface area contributed by atoms with Gasteiger partial charge in [-0.25, -0.2) is 10.00 Å². The third-order valence-corrected chi connectivity index (χ3v) is 5.15. The van der Waals surface area contributed by atoms with Crippen molar-refractivity contribution in [1.82, 2.24) is 15.1 Å². The van der Waals surface area contributed by atoms with Gasteiger partial charge >= 0.3 is 0 Å². The molecule has 0 radical (unpaired) electrons. The highest BCUT2D eigenvalue weighted by molar-refractivity contribution is 5.88. The fourth-order valence-corrected chi connectivity index (χ4v) is 3.54. The van der Waals surface area contributed by atoms with Crippen LogP contribution in [0.5, 0.6) is 0 Å². The number of hydrogen-bond donors (Lipinski definition) is 3. The van der Waals surface area contributed by atoms with Crippen LogP contribution in [0.3, 0.4) is 0 Å². The smallest absolute Gasteiger partial charge is 0.243 e. The normalized spacial score (nSPS) is 12.1. The van der Waals surface area contributed by atoms with Crippen LogP contribution in [0, 0.1) is 5.41 Å². The van der Waals surface area contributed by atoms with E-state index in [2.05, 4.69) is 18.1 Å². The van der Waals surface area contributed by atoms with Crippen LogP contribution in [0.1, 0.15) is 48.8 Å². The highest BCUT2D eigenvalue weighted by Crippen LogP contribution is 2.24. The van der Waals surface area contributed by atoms with Gasteiger partial charge in [0.25, 0.3) is 0 Å². The number of nitrogens with one attached hydrogen (secondary N) is 2. The molecule has 1 amide bonds. The molecule has 0 aliphatic carbocycles. The van der Waals surface area contributed by atoms with Crippen LogP contribution in [0.25, 0.3) is 5.52 Å². The number of carbonyl (C=O) groups is 1. The quantitative estimate of drug-likeness (QED) is 0.299. The Morgan fingerprint density at radius 3 is 2.68 bits per heavy atom. The monoisotopic (exact) mass is 378 g/mol. The minimum Gasteiger partial charge on any atom is -0.309 e. The molecule has 0 aliphatic heterocycles. The van der Waals surface area contributed by atoms with E-state index >= 15 is 0 Å². The zero-order valence-corrected chi connectivity index (χ0v) is 16.1. The second-order valence-corrected chi connectivity index (χ2v) is 6.96. The van der Waals surface area contributed by atoms with Gasteiger partial charge in [-0.3, -0.25) is 10.0 Å². The van der Waals surface area contributed by atoms with Gasteiger partial charge in [0.15, 0.2) is 0 Å². The van der Waals surface area contributed by atoms with E-state index < -0.39 is 0 Å². The average molecular weight is 378 g/mol. The van der Waals surface area contributed by atoms with Crippen molar-refractivity contribution in [2.75, 3.05) is 0 Å². The van der Waals surface area contributed by atoms with Gasteiger partial charge in [-0.2, -0.15) is 5.10 Å². The van der Waals surface area contributed by atoms with Crippen LogP contribution in [0.15, 0.2) is 54.9 Å². The number of rotatable bonds is 9. The van der Waals surface area contributed by atoms with Crippen molar-refractivity contribution in [3.63, 3.8) is 0 Å². The van der Waals surface area contributed by atoms with Crippen LogP contribution in [-0.2, 0) is 17.6 Å². The van der Waals surface area contributed by atoms with E-state index in [4.69, 9.17) is 10.6 Å². The second-order valence-electron chi connectivity index (χ2n) is 6.96. The number of hydrogen-bond acceptors (Lipinski definition) is 4. The van der Waals surface area contributed by atoms with Crippen molar-refractivity contribution in [1.29, 1.82) is 5.41 Å². The lowest BCUT2D eigenvalue weighted by molar-refractivity contribution is -0.129. The summed E-state index contributed by atoms with van der Waals surface area (Å²) < 4.78 is 1.87. The lowest BCUT2D eigenvalue weighted by atomic mass is 9.88. The Kier molecular flexibility index (Phi) is 6.55. The summed E-state index contributed by atoms with van der Waals surface area (Å²) in [7, 11) is 0. The van der Waals surface area contributed by atoms with Crippen LogP contribution in [0.2, 0.25) is 0 Å². The summed E-state index contributed by atoms with van der Waals surface area (Å²) in [6.07, 6.45) is 7.04. The molecule has 0 bridgehead atoms. The molecule has 3 aromatic rings. The fraction of sp³-hybridized carbons (Fsp3) is 0.318. The summed E-state index contributed by atoms with van der Waals surface area (Å²) in [5.74, 6) is -0.290. The first-order valence-electron chi connectivity index (χ1n) is 9.62. The molecule has 2 heterocycles. The first kappa shape index (κ1) is 19.8. The standard InChI is InChI=1S/C22H26N4O2/c1-2-19(17-9-6-16(7-10-17)8-13-22(27)25-28)20(23)12-11-18-15-24-26-14-4-3-5-21(18)26/h3-7,9-10,14-15,19,23,28H,2,8,11-13H2,1H3,(H,25,27)/t19-/m0/s1. The Hall–Kier alpha value is -2.99. The maximum Gasteiger partial charge on any atom is 0.243 e. The van der Waals surface area contributed by atoms with Crippen molar-refractivity contribution < 1.29 is 10.0 Å². The molecule has 3 N–H and O–H groups in total. The molecule has 0 saturated heterocycles. The number of carbonyl (C=O) groups excluding carboxylic acids is 1. The SMILES string of the molecule is CC[C@H](C(=N)CCc1cnn2ccccc12)c1ccc(CCC(=O)NO)cc1. The molecule has 0 aliphatic rings. The molecule has 2 aromatic heterocycles. The lowest BCUT2D eigenvalue weighted by Crippen LogP contribution is -2.18. The van der Waals surface area contributed by atoms with E-state index in [1.807, 2.05) is 53.3 Å². The topological polar surface area (TPSA) is 90.5 Å². The Labute approximate surface area is 164 Å². The van der Waals surface area contributed by atoms with Crippen molar-refractivity contribution in [2.24, 2.45) is 0 Å². The number of benzene rings is 1. The van der Waals surface area contributed by atoms with E-state index in [-0.39, 0.29) is 18.2 Å². The zero-order valence-electron chi connectivity index (χ0n) is 16.1. The summed E-state index contributed by atoms with van der Waals surface area (Å²) in [5.41, 5.74) is 6.81. The van der Waals surface area contributed by atoms with E-state index in [0.717, 1.165) is 40.8 Å². The largest absolute Gasteiger partial charge is 0.309 e. The first-order valence-corrected chi connectivity index (χ1v) is 9.62. The van der Waals surface area contributed by atoms with Gasteiger partial charge in [-0.15, -0.1) is 0 Å². The summed E-state index contributed by atoms with van der Waals surface area (Å²) in [4.78, 5) is 11.2. The number of fused-ring (bicyclic) bond motifs is 1. The molecule has 0 saturated carbocycles. The van der Waals surface area contributed by atoms with Gasteiger partial charge in [0, 0.05) is 24.2 Å². The number of nitrogens with zero attached hydrogens (tertiary/aromatic N) is 2. The van der Waals surface area contributed by atoms with Crippen LogP contribution in [0.4, 0.5) is 0 Å². The van der Waals surface area contributed by atoms with Crippen LogP contribution >= 0.6 is 0 Å². The Balaban J connectivity index is 1.62. The summed E-state index contributed by atoms with van der Waals surface area (Å²) in [5, 5.41) is 21.5. The minimum atomic E-state index is -0.384. The molecule has 0 unspecified atom stereocenters. The molecule has 0 fully saturated rings. The van der Waals surface area contributed by atoms with Gasteiger partial charge in [-0.1, -0.05) is 37.3 Å². The predicted molar refractivity (Wildman–Crippen MR) is 109 cm³/mol. The molecule has 3 rings (SSSR count). The number of aryl methyl sites for hydroxylation is 2. The van der Waals surface area contributed by atoms with Crippen molar-refractivity contribution in [3.05, 3.63) is 71.5 Å². The average Bonchev–Trinajstić information content (AvgIpc) is 3.15. The fourth-order valence-electron chi connectivity index (χ4n) is 3.54. The molecule has 1 aromatic carbocycles. The van der Waals surface area contributed by atoms with Gasteiger partial charge in [0.1, 0.15) is 0 Å². The molecule has 1 atom stereocenters. The lowest BCUT2D eigenvalue weighted by Gasteiger charge is -2.17. The highest BCUT2D eigenvalue weighted by Gasteiger charge is 2.16. The molecule has 146 valence electrons.